The smallest absolute Gasteiger partial charge is 0.0864 e. The van der Waals surface area contributed by atoms with Crippen molar-refractivity contribution in [3.05, 3.63) is 69.8 Å². The molecular formula is C28H38O2. The van der Waals surface area contributed by atoms with Gasteiger partial charge in [-0.25, -0.2) is 0 Å². The summed E-state index contributed by atoms with van der Waals surface area (Å²) in [4.78, 5) is 0. The molecule has 0 fully saturated rings. The minimum atomic E-state index is -0.737. The summed E-state index contributed by atoms with van der Waals surface area (Å²) in [6.45, 7) is 13.2. The first-order valence-electron chi connectivity index (χ1n) is 11.5. The molecule has 4 unspecified atom stereocenters. The summed E-state index contributed by atoms with van der Waals surface area (Å²) in [7, 11) is 0. The summed E-state index contributed by atoms with van der Waals surface area (Å²) < 4.78 is 0. The van der Waals surface area contributed by atoms with Gasteiger partial charge in [-0.1, -0.05) is 76.6 Å². The van der Waals surface area contributed by atoms with E-state index < -0.39 is 12.2 Å². The van der Waals surface area contributed by atoms with Crippen molar-refractivity contribution >= 4 is 0 Å². The molecule has 30 heavy (non-hydrogen) atoms. The Hall–Kier alpha value is -1.64. The van der Waals surface area contributed by atoms with E-state index in [2.05, 4.69) is 77.9 Å². The van der Waals surface area contributed by atoms with Crippen LogP contribution in [0.1, 0.15) is 74.4 Å². The van der Waals surface area contributed by atoms with Gasteiger partial charge in [0.15, 0.2) is 0 Å². The second-order valence-electron chi connectivity index (χ2n) is 11.7. The van der Waals surface area contributed by atoms with Crippen LogP contribution in [-0.2, 0) is 31.1 Å². The Bertz CT molecular complexity index is 954. The van der Waals surface area contributed by atoms with Crippen LogP contribution in [0.2, 0.25) is 0 Å². The van der Waals surface area contributed by atoms with Gasteiger partial charge in [0, 0.05) is 10.8 Å². The molecule has 0 radical (unpaired) electrons. The van der Waals surface area contributed by atoms with E-state index in [9.17, 15) is 10.2 Å². The van der Waals surface area contributed by atoms with Crippen molar-refractivity contribution in [3.8, 4) is 0 Å². The first-order valence-corrected chi connectivity index (χ1v) is 11.5. The summed E-state index contributed by atoms with van der Waals surface area (Å²) >= 11 is 0. The van der Waals surface area contributed by atoms with Crippen LogP contribution in [0, 0.1) is 17.8 Å². The van der Waals surface area contributed by atoms with E-state index in [1.165, 1.54) is 33.4 Å². The molecule has 4 atom stereocenters. The zero-order valence-corrected chi connectivity index (χ0v) is 19.5. The number of benzene rings is 2. The van der Waals surface area contributed by atoms with Gasteiger partial charge in [0.25, 0.3) is 0 Å². The number of hydrogen-bond acceptors (Lipinski definition) is 2. The van der Waals surface area contributed by atoms with Gasteiger partial charge in [-0.15, -0.1) is 0 Å². The second kappa shape index (κ2) is 7.21. The molecule has 2 aromatic carbocycles. The predicted molar refractivity (Wildman–Crippen MR) is 124 cm³/mol. The van der Waals surface area contributed by atoms with Crippen LogP contribution in [-0.4, -0.2) is 22.4 Å². The Labute approximate surface area is 182 Å². The van der Waals surface area contributed by atoms with Crippen LogP contribution in [0.4, 0.5) is 0 Å². The van der Waals surface area contributed by atoms with Crippen molar-refractivity contribution in [1.82, 2.24) is 0 Å². The van der Waals surface area contributed by atoms with Gasteiger partial charge < -0.3 is 10.2 Å². The van der Waals surface area contributed by atoms with Crippen molar-refractivity contribution < 1.29 is 10.2 Å². The molecular weight excluding hydrogens is 368 g/mol. The first-order chi connectivity index (χ1) is 13.9. The van der Waals surface area contributed by atoms with Gasteiger partial charge in [-0.2, -0.15) is 0 Å². The molecule has 0 spiro atoms. The van der Waals surface area contributed by atoms with E-state index in [-0.39, 0.29) is 16.2 Å². The van der Waals surface area contributed by atoms with Gasteiger partial charge in [-0.3, -0.25) is 0 Å². The molecule has 0 saturated heterocycles. The Morgan fingerprint density at radius 2 is 1.33 bits per heavy atom. The van der Waals surface area contributed by atoms with Gasteiger partial charge in [0.2, 0.25) is 0 Å². The number of rotatable bonds is 3. The van der Waals surface area contributed by atoms with Gasteiger partial charge in [0.1, 0.15) is 0 Å². The maximum atomic E-state index is 11.4. The molecule has 0 saturated carbocycles. The minimum absolute atomic E-state index is 0.118. The van der Waals surface area contributed by atoms with Crippen LogP contribution in [0.3, 0.4) is 0 Å². The zero-order chi connectivity index (χ0) is 21.9. The monoisotopic (exact) mass is 406 g/mol. The summed E-state index contributed by atoms with van der Waals surface area (Å²) in [6, 6.07) is 13.5. The van der Waals surface area contributed by atoms with Gasteiger partial charge >= 0.3 is 0 Å². The highest BCUT2D eigenvalue weighted by Gasteiger charge is 2.48. The van der Waals surface area contributed by atoms with Crippen molar-refractivity contribution in [2.45, 2.75) is 91.3 Å². The molecule has 0 aliphatic heterocycles. The van der Waals surface area contributed by atoms with E-state index >= 15 is 0 Å². The van der Waals surface area contributed by atoms with Crippen LogP contribution < -0.4 is 0 Å². The molecule has 0 heterocycles. The first kappa shape index (κ1) is 21.6. The maximum Gasteiger partial charge on any atom is 0.0864 e. The summed E-state index contributed by atoms with van der Waals surface area (Å²) in [5, 5.41) is 22.9. The van der Waals surface area contributed by atoms with Crippen molar-refractivity contribution in [3.63, 3.8) is 0 Å². The number of aliphatic hydroxyl groups is 2. The average molecular weight is 407 g/mol. The Morgan fingerprint density at radius 1 is 0.767 bits per heavy atom. The topological polar surface area (TPSA) is 40.5 Å². The standard InChI is InChI=1S/C28H38O2/c1-18-7-8-19-11-12-27(5,16-21(19)13-18)24(29)25(30)28(6)15-20-9-10-23(26(2,3)4)14-22(20)17-28/h7-10,13-14,24-25,29-30H,11-12,15-17H2,1-6H3. The highest BCUT2D eigenvalue weighted by atomic mass is 16.3. The van der Waals surface area contributed by atoms with Gasteiger partial charge in [0.05, 0.1) is 12.2 Å². The number of fused-ring (bicyclic) bond motifs is 2. The van der Waals surface area contributed by atoms with E-state index in [1.54, 1.807) is 0 Å². The van der Waals surface area contributed by atoms with E-state index in [0.717, 1.165) is 32.1 Å². The van der Waals surface area contributed by atoms with Crippen LogP contribution >= 0.6 is 0 Å². The summed E-state index contributed by atoms with van der Waals surface area (Å²) in [5.41, 5.74) is 7.50. The van der Waals surface area contributed by atoms with E-state index in [1.807, 2.05) is 0 Å². The van der Waals surface area contributed by atoms with Crippen LogP contribution in [0.15, 0.2) is 36.4 Å². The number of aliphatic hydroxyl groups excluding tert-OH is 2. The van der Waals surface area contributed by atoms with Crippen molar-refractivity contribution in [1.29, 1.82) is 0 Å². The minimum Gasteiger partial charge on any atom is -0.390 e. The Balaban J connectivity index is 1.56. The molecule has 2 heteroatoms. The fourth-order valence-corrected chi connectivity index (χ4v) is 5.69. The average Bonchev–Trinajstić information content (AvgIpc) is 3.02. The lowest BCUT2D eigenvalue weighted by atomic mass is 9.64. The largest absolute Gasteiger partial charge is 0.390 e. The molecule has 2 aromatic rings. The lowest BCUT2D eigenvalue weighted by molar-refractivity contribution is -0.112. The maximum absolute atomic E-state index is 11.4. The molecule has 4 rings (SSSR count). The lowest BCUT2D eigenvalue weighted by Crippen LogP contribution is -2.51. The molecule has 2 nitrogen and oxygen atoms in total. The van der Waals surface area contributed by atoms with Crippen LogP contribution in [0.25, 0.3) is 0 Å². The molecule has 2 N–H and O–H groups in total. The normalized spacial score (nSPS) is 28.0. The predicted octanol–water partition coefficient (Wildman–Crippen LogP) is 5.31. The van der Waals surface area contributed by atoms with Crippen molar-refractivity contribution in [2.75, 3.05) is 0 Å². The third kappa shape index (κ3) is 3.74. The molecule has 162 valence electrons. The number of hydrogen-bond donors (Lipinski definition) is 2. The molecule has 2 aliphatic carbocycles. The van der Waals surface area contributed by atoms with Crippen molar-refractivity contribution in [2.24, 2.45) is 10.8 Å². The molecule has 0 bridgehead atoms. The fourth-order valence-electron chi connectivity index (χ4n) is 5.69. The Kier molecular flexibility index (Phi) is 5.19. The molecule has 2 aliphatic rings. The summed E-state index contributed by atoms with van der Waals surface area (Å²) in [6.07, 6.45) is 2.92. The second-order valence-corrected chi connectivity index (χ2v) is 11.7. The number of aryl methyl sites for hydroxylation is 2. The highest BCUT2D eigenvalue weighted by Crippen LogP contribution is 2.47. The third-order valence-electron chi connectivity index (χ3n) is 7.91. The zero-order valence-electron chi connectivity index (χ0n) is 19.5. The highest BCUT2D eigenvalue weighted by molar-refractivity contribution is 5.41. The fraction of sp³-hybridized carbons (Fsp3) is 0.571. The lowest BCUT2D eigenvalue weighted by Gasteiger charge is -2.45. The Morgan fingerprint density at radius 3 is 2.03 bits per heavy atom. The van der Waals surface area contributed by atoms with Gasteiger partial charge in [-0.05, 0) is 72.3 Å². The third-order valence-corrected chi connectivity index (χ3v) is 7.91. The van der Waals surface area contributed by atoms with E-state index in [0.29, 0.717) is 0 Å². The summed E-state index contributed by atoms with van der Waals surface area (Å²) in [5.74, 6) is 0. The quantitative estimate of drug-likeness (QED) is 0.725. The van der Waals surface area contributed by atoms with E-state index in [4.69, 9.17) is 0 Å². The van der Waals surface area contributed by atoms with Crippen LogP contribution in [0.5, 0.6) is 0 Å². The SMILES string of the molecule is Cc1ccc2c(c1)CC(C)(C(O)C(O)C1(C)Cc3ccc(C(C)(C)C)cc3C1)CC2. The molecule has 0 aromatic heterocycles. The molecule has 0 amide bonds.